The molecule has 1 N–H and O–H groups in total. The first-order valence-corrected chi connectivity index (χ1v) is 9.82. The monoisotopic (exact) mass is 495 g/mol. The lowest BCUT2D eigenvalue weighted by Crippen LogP contribution is -2.07. The summed E-state index contributed by atoms with van der Waals surface area (Å²) in [5.74, 6) is -0.380. The maximum absolute atomic E-state index is 14.7. The molecule has 4 nitrogen and oxygen atoms in total. The average molecular weight is 495 g/mol. The van der Waals surface area contributed by atoms with Gasteiger partial charge in [0, 0.05) is 6.20 Å². The molecule has 0 aliphatic rings. The van der Waals surface area contributed by atoms with E-state index in [1.807, 2.05) is 49.4 Å². The van der Waals surface area contributed by atoms with Crippen molar-refractivity contribution in [3.8, 4) is 17.0 Å². The van der Waals surface area contributed by atoms with E-state index >= 15 is 0 Å². The summed E-state index contributed by atoms with van der Waals surface area (Å²) < 4.78 is 35.0. The van der Waals surface area contributed by atoms with E-state index in [4.69, 9.17) is 4.74 Å². The molecule has 0 atom stereocenters. The number of aromatic nitrogens is 2. The molecule has 0 saturated heterocycles. The minimum absolute atomic E-state index is 0.00561. The van der Waals surface area contributed by atoms with Gasteiger partial charge in [0.15, 0.2) is 5.82 Å². The first-order chi connectivity index (χ1) is 13.3. The Labute approximate surface area is 176 Å². The van der Waals surface area contributed by atoms with E-state index in [2.05, 4.69) is 15.3 Å². The van der Waals surface area contributed by atoms with Crippen LogP contribution in [0.2, 0.25) is 0 Å². The van der Waals surface area contributed by atoms with Gasteiger partial charge in [-0.1, -0.05) is 19.9 Å². The van der Waals surface area contributed by atoms with Crippen molar-refractivity contribution in [3.63, 3.8) is 0 Å². The van der Waals surface area contributed by atoms with E-state index in [0.29, 0.717) is 9.39 Å². The number of nitrogens with zero attached hydrogens (tertiary/aromatic N) is 2. The third-order valence-corrected chi connectivity index (χ3v) is 5.16. The SMILES string of the molecule is COc1cccc(F)c1-c1nc(Nc2c(C)ccnc2C(C)C)c(I)cc1F. The second-order valence-electron chi connectivity index (χ2n) is 6.63. The molecule has 0 bridgehead atoms. The largest absolute Gasteiger partial charge is 0.496 e. The van der Waals surface area contributed by atoms with Gasteiger partial charge in [0.1, 0.15) is 23.1 Å². The lowest BCUT2D eigenvalue weighted by Gasteiger charge is -2.18. The highest BCUT2D eigenvalue weighted by atomic mass is 127. The molecule has 0 unspecified atom stereocenters. The molecule has 3 aromatic rings. The summed E-state index contributed by atoms with van der Waals surface area (Å²) in [6.45, 7) is 6.06. The first kappa shape index (κ1) is 20.4. The third-order valence-electron chi connectivity index (χ3n) is 4.34. The van der Waals surface area contributed by atoms with E-state index in [9.17, 15) is 8.78 Å². The molecule has 28 heavy (non-hydrogen) atoms. The maximum atomic E-state index is 14.7. The zero-order valence-corrected chi connectivity index (χ0v) is 18.1. The van der Waals surface area contributed by atoms with Gasteiger partial charge < -0.3 is 10.1 Å². The molecule has 0 aliphatic heterocycles. The number of methoxy groups -OCH3 is 1. The molecule has 0 aliphatic carbocycles. The molecule has 0 radical (unpaired) electrons. The molecule has 2 heterocycles. The van der Waals surface area contributed by atoms with Crippen molar-refractivity contribution in [2.24, 2.45) is 0 Å². The molecule has 3 rings (SSSR count). The molecule has 1 aromatic carbocycles. The van der Waals surface area contributed by atoms with Crippen LogP contribution in [0.3, 0.4) is 0 Å². The van der Waals surface area contributed by atoms with Crippen LogP contribution in [0, 0.1) is 22.1 Å². The molecule has 0 amide bonds. The highest BCUT2D eigenvalue weighted by Crippen LogP contribution is 2.36. The minimum atomic E-state index is -0.620. The quantitative estimate of drug-likeness (QED) is 0.428. The Balaban J connectivity index is 2.16. The van der Waals surface area contributed by atoms with Gasteiger partial charge >= 0.3 is 0 Å². The van der Waals surface area contributed by atoms with Crippen molar-refractivity contribution in [1.82, 2.24) is 9.97 Å². The zero-order valence-electron chi connectivity index (χ0n) is 16.0. The second kappa shape index (κ2) is 8.38. The van der Waals surface area contributed by atoms with Crippen molar-refractivity contribution >= 4 is 34.1 Å². The van der Waals surface area contributed by atoms with E-state index in [1.54, 1.807) is 12.3 Å². The molecular weight excluding hydrogens is 475 g/mol. The molecule has 0 spiro atoms. The number of nitrogens with one attached hydrogen (secondary N) is 1. The summed E-state index contributed by atoms with van der Waals surface area (Å²) >= 11 is 2.01. The summed E-state index contributed by atoms with van der Waals surface area (Å²) in [7, 11) is 1.41. The number of rotatable bonds is 5. The van der Waals surface area contributed by atoms with E-state index in [0.717, 1.165) is 16.9 Å². The van der Waals surface area contributed by atoms with Gasteiger partial charge in [0.25, 0.3) is 0 Å². The van der Waals surface area contributed by atoms with Crippen LogP contribution in [0.5, 0.6) is 5.75 Å². The number of hydrogen-bond acceptors (Lipinski definition) is 4. The van der Waals surface area contributed by atoms with Crippen LogP contribution >= 0.6 is 22.6 Å². The Morgan fingerprint density at radius 2 is 1.89 bits per heavy atom. The van der Waals surface area contributed by atoms with Gasteiger partial charge in [-0.3, -0.25) is 4.98 Å². The average Bonchev–Trinajstić information content (AvgIpc) is 2.65. The fourth-order valence-electron chi connectivity index (χ4n) is 2.93. The first-order valence-electron chi connectivity index (χ1n) is 8.75. The second-order valence-corrected chi connectivity index (χ2v) is 7.80. The van der Waals surface area contributed by atoms with Crippen LogP contribution in [-0.2, 0) is 0 Å². The Morgan fingerprint density at radius 3 is 2.57 bits per heavy atom. The maximum Gasteiger partial charge on any atom is 0.150 e. The van der Waals surface area contributed by atoms with Crippen molar-refractivity contribution in [3.05, 3.63) is 63.0 Å². The van der Waals surface area contributed by atoms with Crippen molar-refractivity contribution in [2.45, 2.75) is 26.7 Å². The number of aryl methyl sites for hydroxylation is 1. The molecular formula is C21H20F2IN3O. The lowest BCUT2D eigenvalue weighted by molar-refractivity contribution is 0.413. The molecule has 7 heteroatoms. The number of anilines is 2. The molecule has 0 saturated carbocycles. The predicted octanol–water partition coefficient (Wildman–Crippen LogP) is 6.21. The normalized spacial score (nSPS) is 11.0. The Hall–Kier alpha value is -2.29. The van der Waals surface area contributed by atoms with Crippen molar-refractivity contribution < 1.29 is 13.5 Å². The summed E-state index contributed by atoms with van der Waals surface area (Å²) in [6, 6.07) is 7.57. The highest BCUT2D eigenvalue weighted by Gasteiger charge is 2.21. The third kappa shape index (κ3) is 3.94. The summed E-state index contributed by atoms with van der Waals surface area (Å²) in [6.07, 6.45) is 1.76. The Morgan fingerprint density at radius 1 is 1.14 bits per heavy atom. The van der Waals surface area contributed by atoms with Crippen LogP contribution in [0.15, 0.2) is 36.5 Å². The van der Waals surface area contributed by atoms with Crippen molar-refractivity contribution in [2.75, 3.05) is 12.4 Å². The van der Waals surface area contributed by atoms with E-state index in [1.165, 1.54) is 25.3 Å². The number of ether oxygens (including phenoxy) is 1. The fourth-order valence-corrected chi connectivity index (χ4v) is 3.46. The van der Waals surface area contributed by atoms with Crippen LogP contribution < -0.4 is 10.1 Å². The summed E-state index contributed by atoms with van der Waals surface area (Å²) in [5, 5.41) is 3.27. The van der Waals surface area contributed by atoms with Crippen LogP contribution in [-0.4, -0.2) is 17.1 Å². The van der Waals surface area contributed by atoms with Gasteiger partial charge in [-0.15, -0.1) is 0 Å². The number of hydrogen-bond donors (Lipinski definition) is 1. The van der Waals surface area contributed by atoms with Gasteiger partial charge in [-0.25, -0.2) is 13.8 Å². The van der Waals surface area contributed by atoms with Gasteiger partial charge in [-0.05, 0) is 65.3 Å². The van der Waals surface area contributed by atoms with Crippen LogP contribution in [0.1, 0.15) is 31.0 Å². The van der Waals surface area contributed by atoms with Crippen LogP contribution in [0.25, 0.3) is 11.3 Å². The minimum Gasteiger partial charge on any atom is -0.496 e. The summed E-state index contributed by atoms with van der Waals surface area (Å²) in [4.78, 5) is 8.86. The lowest BCUT2D eigenvalue weighted by atomic mass is 10.0. The topological polar surface area (TPSA) is 47.0 Å². The predicted molar refractivity (Wildman–Crippen MR) is 115 cm³/mol. The summed E-state index contributed by atoms with van der Waals surface area (Å²) in [5.41, 5.74) is 2.58. The van der Waals surface area contributed by atoms with Crippen LogP contribution in [0.4, 0.5) is 20.3 Å². The highest BCUT2D eigenvalue weighted by molar-refractivity contribution is 14.1. The number of benzene rings is 1. The number of halogens is 3. The fraction of sp³-hybridized carbons (Fsp3) is 0.238. The zero-order chi connectivity index (χ0) is 20.4. The standard InChI is InChI=1S/C21H20F2IN3O/c1-11(2)18-19(12(3)8-9-25-18)26-21-15(24)10-14(23)20(27-21)17-13(22)6-5-7-16(17)28-4/h5-11H,1-4H3,(H,26,27). The van der Waals surface area contributed by atoms with Gasteiger partial charge in [0.05, 0.1) is 27.6 Å². The van der Waals surface area contributed by atoms with E-state index in [-0.39, 0.29) is 22.9 Å². The van der Waals surface area contributed by atoms with Gasteiger partial charge in [-0.2, -0.15) is 0 Å². The van der Waals surface area contributed by atoms with Crippen molar-refractivity contribution in [1.29, 1.82) is 0 Å². The smallest absolute Gasteiger partial charge is 0.150 e. The molecule has 2 aromatic heterocycles. The molecule has 0 fully saturated rings. The molecule has 146 valence electrons. The number of pyridine rings is 2. The van der Waals surface area contributed by atoms with Gasteiger partial charge in [0.2, 0.25) is 0 Å². The Kier molecular flexibility index (Phi) is 6.12. The van der Waals surface area contributed by atoms with E-state index < -0.39 is 11.6 Å². The Bertz CT molecular complexity index is 1020.